The summed E-state index contributed by atoms with van der Waals surface area (Å²) in [6.45, 7) is 8.26. The zero-order chi connectivity index (χ0) is 13.4. The maximum Gasteiger partial charge on any atom is 0.225 e. The molecule has 1 aromatic heterocycles. The van der Waals surface area contributed by atoms with Gasteiger partial charge in [-0.05, 0) is 27.7 Å². The number of amides is 1. The summed E-state index contributed by atoms with van der Waals surface area (Å²) in [4.78, 5) is 18.1. The van der Waals surface area contributed by atoms with E-state index in [0.29, 0.717) is 12.5 Å². The van der Waals surface area contributed by atoms with Gasteiger partial charge in [0.25, 0.3) is 0 Å². The summed E-state index contributed by atoms with van der Waals surface area (Å²) in [6.07, 6.45) is 4.07. The Hall–Kier alpha value is -1.36. The number of nitrogens with two attached hydrogens (primary N) is 1. The monoisotopic (exact) mass is 250 g/mol. The van der Waals surface area contributed by atoms with Gasteiger partial charge in [-0.1, -0.05) is 0 Å². The van der Waals surface area contributed by atoms with Crippen LogP contribution in [-0.2, 0) is 4.79 Å². The Bertz CT molecular complexity index is 438. The number of carbonyl (C=O) groups is 1. The van der Waals surface area contributed by atoms with Crippen molar-refractivity contribution in [2.24, 2.45) is 5.73 Å². The summed E-state index contributed by atoms with van der Waals surface area (Å²) >= 11 is 0. The first-order valence-corrected chi connectivity index (χ1v) is 6.52. The summed E-state index contributed by atoms with van der Waals surface area (Å²) < 4.78 is 2.10. The lowest BCUT2D eigenvalue weighted by atomic mass is 10.1. The van der Waals surface area contributed by atoms with Crippen LogP contribution in [-0.4, -0.2) is 32.4 Å². The molecule has 5 nitrogen and oxygen atoms in total. The van der Waals surface area contributed by atoms with Crippen molar-refractivity contribution in [1.29, 1.82) is 0 Å². The zero-order valence-electron chi connectivity index (χ0n) is 11.5. The van der Waals surface area contributed by atoms with Gasteiger partial charge in [-0.2, -0.15) is 0 Å². The Morgan fingerprint density at radius 1 is 1.33 bits per heavy atom. The highest BCUT2D eigenvalue weighted by Crippen LogP contribution is 2.34. The van der Waals surface area contributed by atoms with Gasteiger partial charge >= 0.3 is 0 Å². The first-order chi connectivity index (χ1) is 8.43. The van der Waals surface area contributed by atoms with Crippen molar-refractivity contribution >= 4 is 5.91 Å². The minimum Gasteiger partial charge on any atom is -0.330 e. The third-order valence-corrected chi connectivity index (χ3v) is 3.52. The number of hydrogen-bond acceptors (Lipinski definition) is 3. The van der Waals surface area contributed by atoms with Gasteiger partial charge in [0.1, 0.15) is 0 Å². The van der Waals surface area contributed by atoms with E-state index in [1.165, 1.54) is 0 Å². The normalized spacial score (nSPS) is 24.6. The SMILES string of the molecule is CC(C)N1C(=O)CC(N)C1c1cncn1C(C)C. The van der Waals surface area contributed by atoms with E-state index in [1.807, 2.05) is 31.3 Å². The minimum absolute atomic E-state index is 0.0533. The molecule has 1 aliphatic heterocycles. The van der Waals surface area contributed by atoms with Crippen LogP contribution in [0.25, 0.3) is 0 Å². The third-order valence-electron chi connectivity index (χ3n) is 3.52. The highest BCUT2D eigenvalue weighted by atomic mass is 16.2. The van der Waals surface area contributed by atoms with E-state index in [-0.39, 0.29) is 24.0 Å². The molecule has 0 saturated carbocycles. The van der Waals surface area contributed by atoms with E-state index in [1.54, 1.807) is 0 Å². The number of nitrogens with zero attached hydrogens (tertiary/aromatic N) is 3. The highest BCUT2D eigenvalue weighted by Gasteiger charge is 2.41. The molecular weight excluding hydrogens is 228 g/mol. The smallest absolute Gasteiger partial charge is 0.225 e. The topological polar surface area (TPSA) is 64.2 Å². The lowest BCUT2D eigenvalue weighted by molar-refractivity contribution is -0.130. The fraction of sp³-hybridized carbons (Fsp3) is 0.692. The van der Waals surface area contributed by atoms with Gasteiger partial charge in [0.15, 0.2) is 0 Å². The Labute approximate surface area is 108 Å². The van der Waals surface area contributed by atoms with E-state index < -0.39 is 0 Å². The average Bonchev–Trinajstić information content (AvgIpc) is 2.81. The fourth-order valence-corrected chi connectivity index (χ4v) is 2.73. The molecule has 1 aliphatic rings. The summed E-state index contributed by atoms with van der Waals surface area (Å²) in [5, 5.41) is 0. The molecule has 0 bridgehead atoms. The predicted molar refractivity (Wildman–Crippen MR) is 69.9 cm³/mol. The van der Waals surface area contributed by atoms with Crippen LogP contribution < -0.4 is 5.73 Å². The largest absolute Gasteiger partial charge is 0.330 e. The maximum absolute atomic E-state index is 12.0. The molecule has 1 amide bonds. The Kier molecular flexibility index (Phi) is 3.43. The van der Waals surface area contributed by atoms with Crippen molar-refractivity contribution in [3.8, 4) is 0 Å². The summed E-state index contributed by atoms with van der Waals surface area (Å²) in [6, 6.07) is 0.280. The van der Waals surface area contributed by atoms with Crippen LogP contribution in [0.2, 0.25) is 0 Å². The molecule has 1 fully saturated rings. The van der Waals surface area contributed by atoms with Crippen LogP contribution in [0, 0.1) is 0 Å². The van der Waals surface area contributed by atoms with Gasteiger partial charge in [-0.15, -0.1) is 0 Å². The Morgan fingerprint density at radius 3 is 2.56 bits per heavy atom. The lowest BCUT2D eigenvalue weighted by Gasteiger charge is -2.31. The summed E-state index contributed by atoms with van der Waals surface area (Å²) in [5.41, 5.74) is 7.19. The maximum atomic E-state index is 12.0. The summed E-state index contributed by atoms with van der Waals surface area (Å²) in [5.74, 6) is 0.138. The van der Waals surface area contributed by atoms with Gasteiger partial charge < -0.3 is 15.2 Å². The van der Waals surface area contributed by atoms with Gasteiger partial charge in [0, 0.05) is 24.5 Å². The molecule has 2 heterocycles. The molecule has 0 spiro atoms. The first-order valence-electron chi connectivity index (χ1n) is 6.52. The van der Waals surface area contributed by atoms with Crippen molar-refractivity contribution in [2.45, 2.75) is 58.3 Å². The van der Waals surface area contributed by atoms with E-state index in [2.05, 4.69) is 23.4 Å². The molecule has 0 radical (unpaired) electrons. The second-order valence-electron chi connectivity index (χ2n) is 5.53. The number of carbonyl (C=O) groups excluding carboxylic acids is 1. The predicted octanol–water partition coefficient (Wildman–Crippen LogP) is 1.47. The molecule has 0 aromatic carbocycles. The van der Waals surface area contributed by atoms with E-state index in [9.17, 15) is 4.79 Å². The summed E-state index contributed by atoms with van der Waals surface area (Å²) in [7, 11) is 0. The molecule has 2 unspecified atom stereocenters. The van der Waals surface area contributed by atoms with Crippen LogP contribution in [0.5, 0.6) is 0 Å². The second-order valence-corrected chi connectivity index (χ2v) is 5.53. The number of hydrogen-bond donors (Lipinski definition) is 1. The Morgan fingerprint density at radius 2 is 2.00 bits per heavy atom. The quantitative estimate of drug-likeness (QED) is 0.883. The van der Waals surface area contributed by atoms with Gasteiger partial charge in [0.05, 0.1) is 24.3 Å². The first kappa shape index (κ1) is 13.1. The lowest BCUT2D eigenvalue weighted by Crippen LogP contribution is -2.38. The van der Waals surface area contributed by atoms with Gasteiger partial charge in [-0.3, -0.25) is 4.79 Å². The standard InChI is InChI=1S/C13H22N4O/c1-8(2)16-7-15-6-11(16)13-10(14)5-12(18)17(13)9(3)4/h6-10,13H,5,14H2,1-4H3. The van der Waals surface area contributed by atoms with Crippen molar-refractivity contribution in [3.63, 3.8) is 0 Å². The van der Waals surface area contributed by atoms with Crippen molar-refractivity contribution in [1.82, 2.24) is 14.5 Å². The van der Waals surface area contributed by atoms with Crippen molar-refractivity contribution < 1.29 is 4.79 Å². The van der Waals surface area contributed by atoms with Crippen LogP contribution in [0.4, 0.5) is 0 Å². The fourth-order valence-electron chi connectivity index (χ4n) is 2.73. The average molecular weight is 250 g/mol. The molecule has 2 N–H and O–H groups in total. The molecule has 2 atom stereocenters. The zero-order valence-corrected chi connectivity index (χ0v) is 11.5. The minimum atomic E-state index is -0.144. The highest BCUT2D eigenvalue weighted by molar-refractivity contribution is 5.80. The molecule has 100 valence electrons. The van der Waals surface area contributed by atoms with E-state index >= 15 is 0 Å². The molecule has 5 heteroatoms. The van der Waals surface area contributed by atoms with Crippen LogP contribution in [0.1, 0.15) is 51.9 Å². The molecule has 0 aliphatic carbocycles. The molecular formula is C13H22N4O. The number of imidazole rings is 1. The van der Waals surface area contributed by atoms with E-state index in [4.69, 9.17) is 5.73 Å². The van der Waals surface area contributed by atoms with Crippen LogP contribution in [0.3, 0.4) is 0 Å². The van der Waals surface area contributed by atoms with Gasteiger partial charge in [-0.25, -0.2) is 4.98 Å². The molecule has 1 aromatic rings. The molecule has 2 rings (SSSR count). The van der Waals surface area contributed by atoms with Crippen LogP contribution >= 0.6 is 0 Å². The number of aromatic nitrogens is 2. The van der Waals surface area contributed by atoms with Crippen LogP contribution in [0.15, 0.2) is 12.5 Å². The number of likely N-dealkylation sites (tertiary alicyclic amines) is 1. The number of rotatable bonds is 3. The van der Waals surface area contributed by atoms with E-state index in [0.717, 1.165) is 5.69 Å². The second kappa shape index (κ2) is 4.72. The Balaban J connectivity index is 2.41. The van der Waals surface area contributed by atoms with Crippen molar-refractivity contribution in [2.75, 3.05) is 0 Å². The van der Waals surface area contributed by atoms with Crippen molar-refractivity contribution in [3.05, 3.63) is 18.2 Å². The van der Waals surface area contributed by atoms with Gasteiger partial charge in [0.2, 0.25) is 5.91 Å². The molecule has 18 heavy (non-hydrogen) atoms. The molecule has 1 saturated heterocycles. The third kappa shape index (κ3) is 2.03.